The number of carbonyl (C=O) groups excluding carboxylic acids is 1. The normalized spacial score (nSPS) is 19.7. The van der Waals surface area contributed by atoms with E-state index in [1.807, 2.05) is 54.6 Å². The first-order valence-corrected chi connectivity index (χ1v) is 7.98. The average Bonchev–Trinajstić information content (AvgIpc) is 3.04. The number of rotatable bonds is 5. The van der Waals surface area contributed by atoms with Gasteiger partial charge in [0.25, 0.3) is 5.91 Å². The molecule has 0 aromatic heterocycles. The third-order valence-corrected chi connectivity index (χ3v) is 4.22. The minimum Gasteiger partial charge on any atom is -0.396 e. The highest BCUT2D eigenvalue weighted by molar-refractivity contribution is 5.96. The molecule has 0 saturated carbocycles. The summed E-state index contributed by atoms with van der Waals surface area (Å²) in [6, 6.07) is 17.9. The van der Waals surface area contributed by atoms with E-state index in [2.05, 4.69) is 17.4 Å². The van der Waals surface area contributed by atoms with Gasteiger partial charge in [-0.15, -0.1) is 0 Å². The SMILES string of the molecule is O=C(N[C@@H]1C=C[C@H](CO)C1)c1ccccc1Cc1ccccc1. The van der Waals surface area contributed by atoms with Crippen molar-refractivity contribution < 1.29 is 9.90 Å². The number of hydrogen-bond donors (Lipinski definition) is 2. The first-order valence-electron chi connectivity index (χ1n) is 7.98. The molecule has 0 fully saturated rings. The number of nitrogens with one attached hydrogen (secondary N) is 1. The maximum Gasteiger partial charge on any atom is 0.252 e. The number of aliphatic hydroxyl groups excluding tert-OH is 1. The van der Waals surface area contributed by atoms with Crippen molar-refractivity contribution in [3.05, 3.63) is 83.4 Å². The molecule has 1 amide bonds. The van der Waals surface area contributed by atoms with Crippen LogP contribution in [0.4, 0.5) is 0 Å². The molecule has 3 rings (SSSR count). The number of amides is 1. The summed E-state index contributed by atoms with van der Waals surface area (Å²) in [6.07, 6.45) is 5.45. The van der Waals surface area contributed by atoms with E-state index in [1.54, 1.807) is 0 Å². The molecule has 118 valence electrons. The molecule has 0 spiro atoms. The van der Waals surface area contributed by atoms with Gasteiger partial charge in [0.1, 0.15) is 0 Å². The van der Waals surface area contributed by atoms with Crippen LogP contribution in [-0.4, -0.2) is 23.7 Å². The van der Waals surface area contributed by atoms with Crippen LogP contribution in [-0.2, 0) is 6.42 Å². The molecule has 0 bridgehead atoms. The Hall–Kier alpha value is -2.39. The van der Waals surface area contributed by atoms with Crippen molar-refractivity contribution in [1.29, 1.82) is 0 Å². The predicted molar refractivity (Wildman–Crippen MR) is 91.3 cm³/mol. The molecule has 3 heteroatoms. The van der Waals surface area contributed by atoms with Crippen LogP contribution in [0.1, 0.15) is 27.9 Å². The van der Waals surface area contributed by atoms with E-state index in [0.717, 1.165) is 24.0 Å². The summed E-state index contributed by atoms with van der Waals surface area (Å²) >= 11 is 0. The van der Waals surface area contributed by atoms with Gasteiger partial charge in [0.2, 0.25) is 0 Å². The van der Waals surface area contributed by atoms with Crippen LogP contribution < -0.4 is 5.32 Å². The second-order valence-corrected chi connectivity index (χ2v) is 5.96. The number of aliphatic hydroxyl groups is 1. The smallest absolute Gasteiger partial charge is 0.252 e. The Morgan fingerprint density at radius 2 is 1.78 bits per heavy atom. The molecular weight excluding hydrogens is 286 g/mol. The second-order valence-electron chi connectivity index (χ2n) is 5.96. The minimum atomic E-state index is -0.0511. The van der Waals surface area contributed by atoms with Gasteiger partial charge in [-0.05, 0) is 30.0 Å². The van der Waals surface area contributed by atoms with Crippen molar-refractivity contribution in [2.75, 3.05) is 6.61 Å². The van der Waals surface area contributed by atoms with Gasteiger partial charge in [-0.2, -0.15) is 0 Å². The predicted octanol–water partition coefficient (Wildman–Crippen LogP) is 2.94. The molecule has 0 heterocycles. The summed E-state index contributed by atoms with van der Waals surface area (Å²) in [6.45, 7) is 0.132. The van der Waals surface area contributed by atoms with E-state index in [-0.39, 0.29) is 24.5 Å². The van der Waals surface area contributed by atoms with Gasteiger partial charge in [0, 0.05) is 24.1 Å². The van der Waals surface area contributed by atoms with E-state index in [9.17, 15) is 9.90 Å². The molecule has 3 nitrogen and oxygen atoms in total. The highest BCUT2D eigenvalue weighted by atomic mass is 16.3. The van der Waals surface area contributed by atoms with E-state index < -0.39 is 0 Å². The summed E-state index contributed by atoms with van der Waals surface area (Å²) in [5, 5.41) is 12.2. The fourth-order valence-corrected chi connectivity index (χ4v) is 2.97. The van der Waals surface area contributed by atoms with Gasteiger partial charge < -0.3 is 10.4 Å². The van der Waals surface area contributed by atoms with E-state index in [4.69, 9.17) is 0 Å². The molecule has 0 saturated heterocycles. The molecule has 0 radical (unpaired) electrons. The van der Waals surface area contributed by atoms with Crippen LogP contribution >= 0.6 is 0 Å². The van der Waals surface area contributed by atoms with Gasteiger partial charge in [-0.3, -0.25) is 4.79 Å². The highest BCUT2D eigenvalue weighted by Gasteiger charge is 2.21. The van der Waals surface area contributed by atoms with Crippen molar-refractivity contribution in [3.8, 4) is 0 Å². The fourth-order valence-electron chi connectivity index (χ4n) is 2.97. The quantitative estimate of drug-likeness (QED) is 0.834. The largest absolute Gasteiger partial charge is 0.396 e. The lowest BCUT2D eigenvalue weighted by Gasteiger charge is -2.15. The van der Waals surface area contributed by atoms with Crippen molar-refractivity contribution in [2.24, 2.45) is 5.92 Å². The first-order chi connectivity index (χ1) is 11.3. The van der Waals surface area contributed by atoms with Crippen LogP contribution in [0.3, 0.4) is 0 Å². The van der Waals surface area contributed by atoms with Gasteiger partial charge in [0.05, 0.1) is 0 Å². The Morgan fingerprint density at radius 3 is 2.52 bits per heavy atom. The molecular formula is C20H21NO2. The average molecular weight is 307 g/mol. The summed E-state index contributed by atoms with van der Waals surface area (Å²) in [5.74, 6) is 0.102. The topological polar surface area (TPSA) is 49.3 Å². The third kappa shape index (κ3) is 3.88. The Morgan fingerprint density at radius 1 is 1.04 bits per heavy atom. The molecule has 1 aliphatic carbocycles. The highest BCUT2D eigenvalue weighted by Crippen LogP contribution is 2.19. The van der Waals surface area contributed by atoms with Crippen molar-refractivity contribution in [2.45, 2.75) is 18.9 Å². The van der Waals surface area contributed by atoms with Crippen LogP contribution in [0.2, 0.25) is 0 Å². The maximum atomic E-state index is 12.6. The van der Waals surface area contributed by atoms with Gasteiger partial charge >= 0.3 is 0 Å². The summed E-state index contributed by atoms with van der Waals surface area (Å²) < 4.78 is 0. The molecule has 0 unspecified atom stereocenters. The molecule has 1 aliphatic rings. The van der Waals surface area contributed by atoms with Gasteiger partial charge in [-0.25, -0.2) is 0 Å². The molecule has 2 atom stereocenters. The van der Waals surface area contributed by atoms with Crippen molar-refractivity contribution in [3.63, 3.8) is 0 Å². The zero-order valence-electron chi connectivity index (χ0n) is 13.0. The summed E-state index contributed by atoms with van der Waals surface area (Å²) in [4.78, 5) is 12.6. The standard InChI is InChI=1S/C20H21NO2/c22-14-16-10-11-18(13-16)21-20(23)19-9-5-4-8-17(19)12-15-6-2-1-3-7-15/h1-11,16,18,22H,12-14H2,(H,21,23)/t16-,18+/m0/s1. The lowest BCUT2D eigenvalue weighted by atomic mass is 9.99. The number of carbonyl (C=O) groups is 1. The first kappa shape index (κ1) is 15.5. The fraction of sp³-hybridized carbons (Fsp3) is 0.250. The molecule has 23 heavy (non-hydrogen) atoms. The van der Waals surface area contributed by atoms with E-state index >= 15 is 0 Å². The van der Waals surface area contributed by atoms with Crippen molar-refractivity contribution >= 4 is 5.91 Å². The summed E-state index contributed by atoms with van der Waals surface area (Å²) in [5.41, 5.74) is 2.93. The second kappa shape index (κ2) is 7.25. The molecule has 2 aromatic carbocycles. The monoisotopic (exact) mass is 307 g/mol. The molecule has 2 aromatic rings. The third-order valence-electron chi connectivity index (χ3n) is 4.22. The number of benzene rings is 2. The Kier molecular flexibility index (Phi) is 4.89. The molecule has 0 aliphatic heterocycles. The van der Waals surface area contributed by atoms with Gasteiger partial charge in [-0.1, -0.05) is 60.7 Å². The van der Waals surface area contributed by atoms with Gasteiger partial charge in [0.15, 0.2) is 0 Å². The molecule has 2 N–H and O–H groups in total. The van der Waals surface area contributed by atoms with Crippen LogP contribution in [0.5, 0.6) is 0 Å². The number of hydrogen-bond acceptors (Lipinski definition) is 2. The Balaban J connectivity index is 1.72. The maximum absolute atomic E-state index is 12.6. The van der Waals surface area contributed by atoms with Crippen molar-refractivity contribution in [1.82, 2.24) is 5.32 Å². The van der Waals surface area contributed by atoms with Crippen LogP contribution in [0, 0.1) is 5.92 Å². The van der Waals surface area contributed by atoms with Crippen LogP contribution in [0.15, 0.2) is 66.7 Å². The zero-order valence-corrected chi connectivity index (χ0v) is 13.0. The van der Waals surface area contributed by atoms with E-state index in [0.29, 0.717) is 0 Å². The van der Waals surface area contributed by atoms with E-state index in [1.165, 1.54) is 5.56 Å². The lowest BCUT2D eigenvalue weighted by Crippen LogP contribution is -2.33. The minimum absolute atomic E-state index is 0.00410. The van der Waals surface area contributed by atoms with Crippen LogP contribution in [0.25, 0.3) is 0 Å². The Labute approximate surface area is 136 Å². The zero-order chi connectivity index (χ0) is 16.1. The lowest BCUT2D eigenvalue weighted by molar-refractivity contribution is 0.0940. The summed E-state index contributed by atoms with van der Waals surface area (Å²) in [7, 11) is 0. The Bertz CT molecular complexity index is 694.